The second-order valence-electron chi connectivity index (χ2n) is 7.24. The van der Waals surface area contributed by atoms with Crippen molar-refractivity contribution >= 4 is 17.7 Å². The molecule has 1 heterocycles. The molecule has 4 N–H and O–H groups in total. The quantitative estimate of drug-likeness (QED) is 0.652. The number of nitrogens with one attached hydrogen (secondary N) is 1. The zero-order valence-electron chi connectivity index (χ0n) is 16.1. The first-order valence-corrected chi connectivity index (χ1v) is 9.65. The Bertz CT molecular complexity index is 867. The van der Waals surface area contributed by atoms with E-state index in [2.05, 4.69) is 5.32 Å². The molecule has 1 fully saturated rings. The largest absolute Gasteiger partial charge is 0.508 e. The van der Waals surface area contributed by atoms with Crippen molar-refractivity contribution in [3.05, 3.63) is 65.7 Å². The maximum atomic E-state index is 12.8. The lowest BCUT2D eigenvalue weighted by molar-refractivity contribution is -0.138. The predicted octanol–water partition coefficient (Wildman–Crippen LogP) is 1.14. The highest BCUT2D eigenvalue weighted by Gasteiger charge is 2.35. The fraction of sp³-hybridized carbons (Fsp3) is 0.318. The Morgan fingerprint density at radius 3 is 2.41 bits per heavy atom. The summed E-state index contributed by atoms with van der Waals surface area (Å²) in [6.07, 6.45) is 1.73. The van der Waals surface area contributed by atoms with Crippen molar-refractivity contribution in [3.63, 3.8) is 0 Å². The fourth-order valence-electron chi connectivity index (χ4n) is 3.57. The van der Waals surface area contributed by atoms with Gasteiger partial charge in [-0.15, -0.1) is 0 Å². The molecular weight excluding hydrogens is 370 g/mol. The van der Waals surface area contributed by atoms with Crippen molar-refractivity contribution in [3.8, 4) is 5.75 Å². The molecule has 7 heteroatoms. The van der Waals surface area contributed by atoms with Crippen molar-refractivity contribution in [2.24, 2.45) is 5.73 Å². The Kier molecular flexibility index (Phi) is 6.49. The smallest absolute Gasteiger partial charge is 0.243 e. The molecule has 0 unspecified atom stereocenters. The molecule has 0 aliphatic carbocycles. The second kappa shape index (κ2) is 9.23. The summed E-state index contributed by atoms with van der Waals surface area (Å²) >= 11 is 0. The van der Waals surface area contributed by atoms with E-state index in [1.54, 1.807) is 17.0 Å². The van der Waals surface area contributed by atoms with Gasteiger partial charge in [0.2, 0.25) is 17.7 Å². The number of aromatic hydroxyl groups is 1. The van der Waals surface area contributed by atoms with Gasteiger partial charge in [0.15, 0.2) is 0 Å². The van der Waals surface area contributed by atoms with Crippen LogP contribution in [-0.2, 0) is 27.2 Å². The van der Waals surface area contributed by atoms with E-state index in [9.17, 15) is 19.5 Å². The van der Waals surface area contributed by atoms with Gasteiger partial charge in [0.05, 0.1) is 6.42 Å². The Morgan fingerprint density at radius 2 is 1.76 bits per heavy atom. The Morgan fingerprint density at radius 1 is 1.07 bits per heavy atom. The zero-order valence-corrected chi connectivity index (χ0v) is 16.1. The third-order valence-corrected chi connectivity index (χ3v) is 5.11. The van der Waals surface area contributed by atoms with Crippen LogP contribution in [-0.4, -0.2) is 46.4 Å². The SMILES string of the molecule is NC(=O)[C@H](Cc1ccc(O)cc1)NC(=O)[C@H]1CCCN1C(=O)Cc1ccccc1. The molecule has 0 bridgehead atoms. The number of rotatable bonds is 7. The van der Waals surface area contributed by atoms with Crippen LogP contribution in [0.15, 0.2) is 54.6 Å². The van der Waals surface area contributed by atoms with Crippen LogP contribution >= 0.6 is 0 Å². The molecule has 0 aromatic heterocycles. The lowest BCUT2D eigenvalue weighted by Gasteiger charge is -2.26. The van der Waals surface area contributed by atoms with Gasteiger partial charge >= 0.3 is 0 Å². The minimum atomic E-state index is -0.890. The van der Waals surface area contributed by atoms with Crippen LogP contribution in [0.1, 0.15) is 24.0 Å². The molecule has 29 heavy (non-hydrogen) atoms. The molecule has 2 atom stereocenters. The van der Waals surface area contributed by atoms with Gasteiger partial charge in [0.1, 0.15) is 17.8 Å². The molecule has 0 radical (unpaired) electrons. The van der Waals surface area contributed by atoms with E-state index in [4.69, 9.17) is 5.73 Å². The summed E-state index contributed by atoms with van der Waals surface area (Å²) in [5.74, 6) is -1.01. The average molecular weight is 395 g/mol. The second-order valence-corrected chi connectivity index (χ2v) is 7.24. The van der Waals surface area contributed by atoms with Crippen LogP contribution in [0.2, 0.25) is 0 Å². The van der Waals surface area contributed by atoms with E-state index in [0.717, 1.165) is 17.5 Å². The van der Waals surface area contributed by atoms with Crippen LogP contribution in [0.5, 0.6) is 5.75 Å². The molecule has 0 saturated carbocycles. The van der Waals surface area contributed by atoms with Gasteiger partial charge in [0, 0.05) is 13.0 Å². The van der Waals surface area contributed by atoms with E-state index in [-0.39, 0.29) is 30.4 Å². The number of nitrogens with zero attached hydrogens (tertiary/aromatic N) is 1. The monoisotopic (exact) mass is 395 g/mol. The standard InChI is InChI=1S/C22H25N3O4/c23-21(28)18(13-16-8-10-17(26)11-9-16)24-22(29)19-7-4-12-25(19)20(27)14-15-5-2-1-3-6-15/h1-3,5-6,8-11,18-19,26H,4,7,12-14H2,(H2,23,28)(H,24,29)/t18-,19+/m0/s1. The van der Waals surface area contributed by atoms with Crippen molar-refractivity contribution < 1.29 is 19.5 Å². The van der Waals surface area contributed by atoms with Crippen molar-refractivity contribution in [1.29, 1.82) is 0 Å². The molecule has 1 saturated heterocycles. The maximum Gasteiger partial charge on any atom is 0.243 e. The number of hydrogen-bond donors (Lipinski definition) is 3. The lowest BCUT2D eigenvalue weighted by atomic mass is 10.0. The molecule has 1 aliphatic rings. The average Bonchev–Trinajstić information content (AvgIpc) is 3.20. The molecule has 1 aliphatic heterocycles. The zero-order chi connectivity index (χ0) is 20.8. The third kappa shape index (κ3) is 5.34. The molecular formula is C22H25N3O4. The van der Waals surface area contributed by atoms with E-state index in [1.807, 2.05) is 30.3 Å². The summed E-state index contributed by atoms with van der Waals surface area (Å²) < 4.78 is 0. The van der Waals surface area contributed by atoms with Crippen molar-refractivity contribution in [2.45, 2.75) is 37.8 Å². The summed E-state index contributed by atoms with van der Waals surface area (Å²) in [5.41, 5.74) is 7.13. The lowest BCUT2D eigenvalue weighted by Crippen LogP contribution is -2.53. The fourth-order valence-corrected chi connectivity index (χ4v) is 3.57. The van der Waals surface area contributed by atoms with Crippen LogP contribution in [0.3, 0.4) is 0 Å². The van der Waals surface area contributed by atoms with Crippen molar-refractivity contribution in [1.82, 2.24) is 10.2 Å². The summed E-state index contributed by atoms with van der Waals surface area (Å²) in [7, 11) is 0. The Hall–Kier alpha value is -3.35. The number of phenols is 1. The van der Waals surface area contributed by atoms with E-state index >= 15 is 0 Å². The number of likely N-dealkylation sites (tertiary alicyclic amines) is 1. The molecule has 2 aromatic rings. The number of carbonyl (C=O) groups is 3. The van der Waals surface area contributed by atoms with Crippen LogP contribution in [0.4, 0.5) is 0 Å². The summed E-state index contributed by atoms with van der Waals surface area (Å²) in [6.45, 7) is 0.517. The van der Waals surface area contributed by atoms with E-state index in [1.165, 1.54) is 12.1 Å². The third-order valence-electron chi connectivity index (χ3n) is 5.11. The highest BCUT2D eigenvalue weighted by Crippen LogP contribution is 2.19. The number of phenolic OH excluding ortho intramolecular Hbond substituents is 1. The minimum Gasteiger partial charge on any atom is -0.508 e. The van der Waals surface area contributed by atoms with Gasteiger partial charge in [-0.3, -0.25) is 14.4 Å². The molecule has 7 nitrogen and oxygen atoms in total. The van der Waals surface area contributed by atoms with Gasteiger partial charge < -0.3 is 21.1 Å². The number of primary amides is 1. The molecule has 2 aromatic carbocycles. The highest BCUT2D eigenvalue weighted by molar-refractivity contribution is 5.92. The first-order chi connectivity index (χ1) is 13.9. The number of amides is 3. The number of benzene rings is 2. The summed E-state index contributed by atoms with van der Waals surface area (Å²) in [4.78, 5) is 39.0. The van der Waals surface area contributed by atoms with Gasteiger partial charge in [-0.2, -0.15) is 0 Å². The van der Waals surface area contributed by atoms with Crippen LogP contribution in [0.25, 0.3) is 0 Å². The minimum absolute atomic E-state index is 0.108. The number of carbonyl (C=O) groups excluding carboxylic acids is 3. The molecule has 152 valence electrons. The Balaban J connectivity index is 1.64. The first kappa shape index (κ1) is 20.4. The van der Waals surface area contributed by atoms with Crippen molar-refractivity contribution in [2.75, 3.05) is 6.54 Å². The van der Waals surface area contributed by atoms with Gasteiger partial charge in [-0.05, 0) is 36.1 Å². The van der Waals surface area contributed by atoms with Gasteiger partial charge in [-0.1, -0.05) is 42.5 Å². The Labute approximate surface area is 169 Å². The normalized spacial score (nSPS) is 17.0. The molecule has 0 spiro atoms. The van der Waals surface area contributed by atoms with Crippen LogP contribution in [0, 0.1) is 0 Å². The molecule has 3 rings (SSSR count). The maximum absolute atomic E-state index is 12.8. The van der Waals surface area contributed by atoms with E-state index in [0.29, 0.717) is 13.0 Å². The van der Waals surface area contributed by atoms with Gasteiger partial charge in [-0.25, -0.2) is 0 Å². The number of nitrogens with two attached hydrogens (primary N) is 1. The van der Waals surface area contributed by atoms with E-state index < -0.39 is 18.0 Å². The first-order valence-electron chi connectivity index (χ1n) is 9.65. The summed E-state index contributed by atoms with van der Waals surface area (Å²) in [5, 5.41) is 12.1. The topological polar surface area (TPSA) is 113 Å². The van der Waals surface area contributed by atoms with Crippen LogP contribution < -0.4 is 11.1 Å². The number of hydrogen-bond acceptors (Lipinski definition) is 4. The summed E-state index contributed by atoms with van der Waals surface area (Å²) in [6, 6.07) is 14.3. The predicted molar refractivity (Wildman–Crippen MR) is 108 cm³/mol. The van der Waals surface area contributed by atoms with Gasteiger partial charge in [0.25, 0.3) is 0 Å². The molecule has 3 amide bonds. The highest BCUT2D eigenvalue weighted by atomic mass is 16.3.